The second-order valence-corrected chi connectivity index (χ2v) is 9.47. The number of hydrogen-bond acceptors (Lipinski definition) is 6. The third kappa shape index (κ3) is 5.05. The van der Waals surface area contributed by atoms with Crippen molar-refractivity contribution in [1.82, 2.24) is 14.7 Å². The van der Waals surface area contributed by atoms with E-state index in [-0.39, 0.29) is 23.6 Å². The van der Waals surface area contributed by atoms with Gasteiger partial charge in [0.15, 0.2) is 5.69 Å². The summed E-state index contributed by atoms with van der Waals surface area (Å²) in [5.74, 6) is -0.305. The SMILES string of the molecule is COc1ccc(-n2nc(C(N)=O)c3c2C(=O)N(c2ccc(N(C(=O)CN(C)C)C(C)C)cc2)CC3)cc1. The van der Waals surface area contributed by atoms with E-state index in [0.717, 1.165) is 5.69 Å². The van der Waals surface area contributed by atoms with Crippen molar-refractivity contribution in [2.45, 2.75) is 26.3 Å². The van der Waals surface area contributed by atoms with Crippen LogP contribution in [0.2, 0.25) is 0 Å². The van der Waals surface area contributed by atoms with Crippen LogP contribution in [0.3, 0.4) is 0 Å². The Hall–Kier alpha value is -4.18. The van der Waals surface area contributed by atoms with Gasteiger partial charge in [-0.1, -0.05) is 0 Å². The molecule has 1 aliphatic heterocycles. The highest BCUT2D eigenvalue weighted by atomic mass is 16.5. The van der Waals surface area contributed by atoms with Crippen molar-refractivity contribution in [3.05, 3.63) is 65.5 Å². The van der Waals surface area contributed by atoms with Gasteiger partial charge in [0.05, 0.1) is 19.3 Å². The van der Waals surface area contributed by atoms with Crippen molar-refractivity contribution in [3.63, 3.8) is 0 Å². The summed E-state index contributed by atoms with van der Waals surface area (Å²) in [6.07, 6.45) is 0.427. The first-order chi connectivity index (χ1) is 17.6. The van der Waals surface area contributed by atoms with Crippen LogP contribution in [0.5, 0.6) is 5.75 Å². The van der Waals surface area contributed by atoms with E-state index in [1.54, 1.807) is 41.2 Å². The van der Waals surface area contributed by atoms with E-state index < -0.39 is 5.91 Å². The van der Waals surface area contributed by atoms with E-state index in [0.29, 0.717) is 47.9 Å². The number of nitrogens with two attached hydrogens (primary N) is 1. The molecule has 0 radical (unpaired) electrons. The molecule has 0 atom stereocenters. The Labute approximate surface area is 216 Å². The molecule has 0 fully saturated rings. The molecule has 194 valence electrons. The van der Waals surface area contributed by atoms with Crippen LogP contribution in [0.15, 0.2) is 48.5 Å². The number of likely N-dealkylation sites (N-methyl/N-ethyl adjacent to an activating group) is 1. The molecule has 3 amide bonds. The summed E-state index contributed by atoms with van der Waals surface area (Å²) >= 11 is 0. The van der Waals surface area contributed by atoms with Crippen molar-refractivity contribution in [3.8, 4) is 11.4 Å². The molecular formula is C27H32N6O4. The molecule has 2 heterocycles. The number of rotatable bonds is 8. The number of methoxy groups -OCH3 is 1. The molecule has 2 N–H and O–H groups in total. The molecule has 10 heteroatoms. The molecule has 3 aromatic rings. The zero-order chi connectivity index (χ0) is 26.9. The number of primary amides is 1. The number of benzene rings is 2. The zero-order valence-electron chi connectivity index (χ0n) is 21.8. The van der Waals surface area contributed by atoms with E-state index in [2.05, 4.69) is 5.10 Å². The second kappa shape index (κ2) is 10.4. The lowest BCUT2D eigenvalue weighted by atomic mass is 10.0. The van der Waals surface area contributed by atoms with Crippen molar-refractivity contribution < 1.29 is 19.1 Å². The third-order valence-corrected chi connectivity index (χ3v) is 6.24. The first kappa shape index (κ1) is 25.9. The van der Waals surface area contributed by atoms with Gasteiger partial charge >= 0.3 is 0 Å². The number of carbonyl (C=O) groups excluding carboxylic acids is 3. The summed E-state index contributed by atoms with van der Waals surface area (Å²) in [4.78, 5) is 43.9. The van der Waals surface area contributed by atoms with Crippen LogP contribution in [0.4, 0.5) is 11.4 Å². The summed E-state index contributed by atoms with van der Waals surface area (Å²) in [6.45, 7) is 4.60. The highest BCUT2D eigenvalue weighted by Crippen LogP contribution is 2.30. The van der Waals surface area contributed by atoms with Crippen LogP contribution in [0.1, 0.15) is 40.4 Å². The predicted octanol–water partition coefficient (Wildman–Crippen LogP) is 2.49. The number of fused-ring (bicyclic) bond motifs is 1. The van der Waals surface area contributed by atoms with Crippen LogP contribution in [0.25, 0.3) is 5.69 Å². The molecule has 0 bridgehead atoms. The maximum atomic E-state index is 13.7. The predicted molar refractivity (Wildman–Crippen MR) is 142 cm³/mol. The Kier molecular flexibility index (Phi) is 7.30. The van der Waals surface area contributed by atoms with E-state index in [9.17, 15) is 14.4 Å². The number of hydrogen-bond donors (Lipinski definition) is 1. The molecule has 1 aliphatic rings. The van der Waals surface area contributed by atoms with E-state index in [4.69, 9.17) is 10.5 Å². The number of anilines is 2. The lowest BCUT2D eigenvalue weighted by Crippen LogP contribution is -2.42. The van der Waals surface area contributed by atoms with Gasteiger partial charge < -0.3 is 25.2 Å². The van der Waals surface area contributed by atoms with Crippen LogP contribution in [0, 0.1) is 0 Å². The molecule has 37 heavy (non-hydrogen) atoms. The van der Waals surface area contributed by atoms with E-state index in [1.807, 2.05) is 57.1 Å². The van der Waals surface area contributed by atoms with Gasteiger partial charge in [-0.05, 0) is 82.9 Å². The average Bonchev–Trinajstić information content (AvgIpc) is 3.25. The van der Waals surface area contributed by atoms with Crippen molar-refractivity contribution in [1.29, 1.82) is 0 Å². The maximum absolute atomic E-state index is 13.7. The van der Waals surface area contributed by atoms with Crippen LogP contribution < -0.4 is 20.3 Å². The van der Waals surface area contributed by atoms with Crippen molar-refractivity contribution >= 4 is 29.1 Å². The number of nitrogens with zero attached hydrogens (tertiary/aromatic N) is 5. The Morgan fingerprint density at radius 1 is 1.05 bits per heavy atom. The smallest absolute Gasteiger partial charge is 0.277 e. The van der Waals surface area contributed by atoms with Gasteiger partial charge in [-0.25, -0.2) is 4.68 Å². The molecule has 0 unspecified atom stereocenters. The van der Waals surface area contributed by atoms with Crippen LogP contribution in [-0.2, 0) is 11.2 Å². The van der Waals surface area contributed by atoms with Crippen molar-refractivity contribution in [2.24, 2.45) is 5.73 Å². The second-order valence-electron chi connectivity index (χ2n) is 9.47. The molecule has 1 aromatic heterocycles. The number of amides is 3. The Morgan fingerprint density at radius 3 is 2.22 bits per heavy atom. The van der Waals surface area contributed by atoms with E-state index in [1.165, 1.54) is 4.68 Å². The summed E-state index contributed by atoms with van der Waals surface area (Å²) in [6, 6.07) is 14.4. The average molecular weight is 505 g/mol. The van der Waals surface area contributed by atoms with Gasteiger partial charge in [-0.2, -0.15) is 5.10 Å². The van der Waals surface area contributed by atoms with Gasteiger partial charge in [-0.3, -0.25) is 14.4 Å². The monoisotopic (exact) mass is 504 g/mol. The van der Waals surface area contributed by atoms with Crippen LogP contribution >= 0.6 is 0 Å². The summed E-state index contributed by atoms with van der Waals surface area (Å²) in [5, 5.41) is 4.40. The van der Waals surface area contributed by atoms with Gasteiger partial charge in [-0.15, -0.1) is 0 Å². The minimum absolute atomic E-state index is 0.00573. The highest BCUT2D eigenvalue weighted by molar-refractivity contribution is 6.09. The Morgan fingerprint density at radius 2 is 1.68 bits per heavy atom. The van der Waals surface area contributed by atoms with E-state index >= 15 is 0 Å². The Balaban J connectivity index is 1.68. The Bertz CT molecular complexity index is 1310. The molecular weight excluding hydrogens is 472 g/mol. The molecule has 0 saturated carbocycles. The topological polar surface area (TPSA) is 114 Å². The first-order valence-electron chi connectivity index (χ1n) is 12.1. The molecule has 0 spiro atoms. The lowest BCUT2D eigenvalue weighted by molar-refractivity contribution is -0.119. The normalized spacial score (nSPS) is 13.2. The minimum atomic E-state index is -0.676. The number of carbonyl (C=O) groups is 3. The van der Waals surface area contributed by atoms with Gasteiger partial charge in [0.1, 0.15) is 11.4 Å². The summed E-state index contributed by atoms with van der Waals surface area (Å²) in [7, 11) is 5.28. The third-order valence-electron chi connectivity index (χ3n) is 6.24. The summed E-state index contributed by atoms with van der Waals surface area (Å²) in [5.41, 5.74) is 8.60. The molecule has 2 aromatic carbocycles. The standard InChI is InChI=1S/C27H32N6O4/c1-17(2)32(23(34)16-30(3)4)19-8-6-18(7-9-19)31-15-14-22-24(26(28)35)29-33(25(22)27(31)36)20-10-12-21(37-5)13-11-20/h6-13,17H,14-16H2,1-5H3,(H2,28,35). The van der Waals surface area contributed by atoms with Gasteiger partial charge in [0, 0.05) is 29.5 Å². The zero-order valence-corrected chi connectivity index (χ0v) is 21.8. The van der Waals surface area contributed by atoms with Crippen molar-refractivity contribution in [2.75, 3.05) is 44.1 Å². The van der Waals surface area contributed by atoms with Crippen LogP contribution in [-0.4, -0.2) is 72.7 Å². The largest absolute Gasteiger partial charge is 0.497 e. The lowest BCUT2D eigenvalue weighted by Gasteiger charge is -2.30. The minimum Gasteiger partial charge on any atom is -0.497 e. The fourth-order valence-electron chi connectivity index (χ4n) is 4.58. The molecule has 0 aliphatic carbocycles. The fraction of sp³-hybridized carbons (Fsp3) is 0.333. The molecule has 4 rings (SSSR count). The quantitative estimate of drug-likeness (QED) is 0.504. The maximum Gasteiger partial charge on any atom is 0.277 e. The first-order valence-corrected chi connectivity index (χ1v) is 12.1. The highest BCUT2D eigenvalue weighted by Gasteiger charge is 2.34. The number of aromatic nitrogens is 2. The fourth-order valence-corrected chi connectivity index (χ4v) is 4.58. The van der Waals surface area contributed by atoms with Gasteiger partial charge in [0.25, 0.3) is 11.8 Å². The summed E-state index contributed by atoms with van der Waals surface area (Å²) < 4.78 is 6.70. The number of ether oxygens (including phenoxy) is 1. The molecule has 10 nitrogen and oxygen atoms in total. The van der Waals surface area contributed by atoms with Gasteiger partial charge in [0.2, 0.25) is 5.91 Å². The molecule has 0 saturated heterocycles.